The number of hydrogen-bond donors (Lipinski definition) is 0. The molecule has 0 aromatic heterocycles. The van der Waals surface area contributed by atoms with Crippen molar-refractivity contribution in [3.63, 3.8) is 0 Å². The van der Waals surface area contributed by atoms with Gasteiger partial charge in [0.25, 0.3) is 0 Å². The lowest BCUT2D eigenvalue weighted by Crippen LogP contribution is -2.14. The highest BCUT2D eigenvalue weighted by Crippen LogP contribution is 2.35. The van der Waals surface area contributed by atoms with Gasteiger partial charge in [0.1, 0.15) is 0 Å². The van der Waals surface area contributed by atoms with Gasteiger partial charge in [-0.05, 0) is 17.6 Å². The van der Waals surface area contributed by atoms with Crippen LogP contribution in [-0.2, 0) is 0 Å². The summed E-state index contributed by atoms with van der Waals surface area (Å²) in [6.07, 6.45) is 7.59. The zero-order chi connectivity index (χ0) is 8.48. The molecule has 1 rings (SSSR count). The summed E-state index contributed by atoms with van der Waals surface area (Å²) in [7, 11) is 0. The van der Waals surface area contributed by atoms with Crippen LogP contribution in [0.15, 0.2) is 36.0 Å². The molecule has 1 aliphatic rings. The molecule has 0 aromatic rings. The zero-order valence-electron chi connectivity index (χ0n) is 7.65. The Bertz CT molecular complexity index is 226. The van der Waals surface area contributed by atoms with E-state index in [0.29, 0.717) is 0 Å². The molecule has 0 unspecified atom stereocenters. The summed E-state index contributed by atoms with van der Waals surface area (Å²) < 4.78 is 0. The molecule has 0 radical (unpaired) electrons. The van der Waals surface area contributed by atoms with Crippen LogP contribution in [0.1, 0.15) is 27.2 Å². The van der Waals surface area contributed by atoms with E-state index >= 15 is 0 Å². The van der Waals surface area contributed by atoms with Crippen molar-refractivity contribution in [3.8, 4) is 0 Å². The van der Waals surface area contributed by atoms with E-state index in [4.69, 9.17) is 0 Å². The molecule has 0 amide bonds. The average molecular weight is 148 g/mol. The maximum Gasteiger partial charge on any atom is 0.00752 e. The molecular formula is C11H16. The van der Waals surface area contributed by atoms with Gasteiger partial charge in [0.05, 0.1) is 0 Å². The van der Waals surface area contributed by atoms with E-state index < -0.39 is 0 Å². The van der Waals surface area contributed by atoms with E-state index in [2.05, 4.69) is 45.6 Å². The molecule has 0 N–H and O–H groups in total. The molecule has 0 heteroatoms. The smallest absolute Gasteiger partial charge is 0.00752 e. The molecule has 0 fully saturated rings. The second-order valence-electron chi connectivity index (χ2n) is 3.60. The zero-order valence-corrected chi connectivity index (χ0v) is 7.65. The fraction of sp³-hybridized carbons (Fsp3) is 0.455. The summed E-state index contributed by atoms with van der Waals surface area (Å²) in [6.45, 7) is 10.7. The molecule has 0 saturated carbocycles. The third kappa shape index (κ3) is 1.45. The van der Waals surface area contributed by atoms with Gasteiger partial charge in [-0.25, -0.2) is 0 Å². The first-order valence-corrected chi connectivity index (χ1v) is 4.16. The third-order valence-corrected chi connectivity index (χ3v) is 2.36. The van der Waals surface area contributed by atoms with E-state index in [9.17, 15) is 0 Å². The second kappa shape index (κ2) is 2.69. The maximum atomic E-state index is 4.10. The molecule has 0 aliphatic heterocycles. The molecule has 0 bridgehead atoms. The van der Waals surface area contributed by atoms with Crippen LogP contribution in [0.3, 0.4) is 0 Å². The van der Waals surface area contributed by atoms with Gasteiger partial charge in [0, 0.05) is 5.41 Å². The number of allylic oxidation sites excluding steroid dienone is 5. The summed E-state index contributed by atoms with van der Waals surface area (Å²) in [4.78, 5) is 0. The molecule has 0 saturated heterocycles. The molecule has 11 heavy (non-hydrogen) atoms. The van der Waals surface area contributed by atoms with Crippen LogP contribution < -0.4 is 0 Å². The third-order valence-electron chi connectivity index (χ3n) is 2.36. The molecule has 0 heterocycles. The van der Waals surface area contributed by atoms with Gasteiger partial charge in [-0.15, -0.1) is 0 Å². The predicted molar refractivity (Wildman–Crippen MR) is 50.4 cm³/mol. The van der Waals surface area contributed by atoms with Crippen LogP contribution in [0.25, 0.3) is 0 Å². The standard InChI is InChI=1S/C11H16/c1-5-10-7-6-8-11(3,4)9(10)2/h6-8H,2,5H2,1,3-4H3. The number of rotatable bonds is 1. The maximum absolute atomic E-state index is 4.10. The van der Waals surface area contributed by atoms with Gasteiger partial charge in [-0.1, -0.05) is 45.6 Å². The van der Waals surface area contributed by atoms with E-state index in [1.54, 1.807) is 0 Å². The summed E-state index contributed by atoms with van der Waals surface area (Å²) in [5, 5.41) is 0. The fourth-order valence-corrected chi connectivity index (χ4v) is 1.35. The van der Waals surface area contributed by atoms with Crippen LogP contribution in [0.5, 0.6) is 0 Å². The minimum atomic E-state index is 0.167. The van der Waals surface area contributed by atoms with Crippen LogP contribution >= 0.6 is 0 Å². The van der Waals surface area contributed by atoms with Gasteiger partial charge in [0.2, 0.25) is 0 Å². The van der Waals surface area contributed by atoms with E-state index in [1.807, 2.05) is 0 Å². The van der Waals surface area contributed by atoms with Gasteiger partial charge in [-0.3, -0.25) is 0 Å². The Kier molecular flexibility index (Phi) is 2.03. The minimum Gasteiger partial charge on any atom is -0.0947 e. The minimum absolute atomic E-state index is 0.167. The molecule has 60 valence electrons. The Balaban J connectivity index is 2.96. The Hall–Kier alpha value is -0.780. The Labute approximate surface area is 69.3 Å². The van der Waals surface area contributed by atoms with Crippen molar-refractivity contribution in [2.45, 2.75) is 27.2 Å². The van der Waals surface area contributed by atoms with Gasteiger partial charge in [0.15, 0.2) is 0 Å². The first-order chi connectivity index (χ1) is 5.08. The Morgan fingerprint density at radius 3 is 2.55 bits per heavy atom. The monoisotopic (exact) mass is 148 g/mol. The molecule has 0 atom stereocenters. The topological polar surface area (TPSA) is 0 Å². The van der Waals surface area contributed by atoms with Gasteiger partial charge in [-0.2, -0.15) is 0 Å². The summed E-state index contributed by atoms with van der Waals surface area (Å²) in [5.41, 5.74) is 2.82. The van der Waals surface area contributed by atoms with Crippen molar-refractivity contribution in [1.82, 2.24) is 0 Å². The first kappa shape index (κ1) is 8.32. The summed E-state index contributed by atoms with van der Waals surface area (Å²) in [5.74, 6) is 0. The second-order valence-corrected chi connectivity index (χ2v) is 3.60. The quantitative estimate of drug-likeness (QED) is 0.534. The molecule has 1 aliphatic carbocycles. The first-order valence-electron chi connectivity index (χ1n) is 4.16. The average Bonchev–Trinajstić information content (AvgIpc) is 1.95. The highest BCUT2D eigenvalue weighted by atomic mass is 14.3. The normalized spacial score (nSPS) is 21.7. The summed E-state index contributed by atoms with van der Waals surface area (Å²) in [6, 6.07) is 0. The largest absolute Gasteiger partial charge is 0.0947 e. The van der Waals surface area contributed by atoms with Crippen LogP contribution in [0.4, 0.5) is 0 Å². The van der Waals surface area contributed by atoms with Crippen molar-refractivity contribution in [3.05, 3.63) is 36.0 Å². The van der Waals surface area contributed by atoms with Crippen molar-refractivity contribution in [2.75, 3.05) is 0 Å². The predicted octanol–water partition coefficient (Wildman–Crippen LogP) is 3.48. The molecule has 0 aromatic carbocycles. The Morgan fingerprint density at radius 2 is 2.09 bits per heavy atom. The number of hydrogen-bond acceptors (Lipinski definition) is 0. The molecular weight excluding hydrogens is 132 g/mol. The van der Waals surface area contributed by atoms with Crippen molar-refractivity contribution in [1.29, 1.82) is 0 Å². The highest BCUT2D eigenvalue weighted by Gasteiger charge is 2.21. The van der Waals surface area contributed by atoms with E-state index in [1.165, 1.54) is 11.1 Å². The van der Waals surface area contributed by atoms with Crippen LogP contribution in [-0.4, -0.2) is 0 Å². The van der Waals surface area contributed by atoms with Gasteiger partial charge < -0.3 is 0 Å². The molecule has 0 nitrogen and oxygen atoms in total. The van der Waals surface area contributed by atoms with Crippen LogP contribution in [0, 0.1) is 5.41 Å². The van der Waals surface area contributed by atoms with Gasteiger partial charge >= 0.3 is 0 Å². The lowest BCUT2D eigenvalue weighted by Gasteiger charge is -2.27. The summed E-state index contributed by atoms with van der Waals surface area (Å²) >= 11 is 0. The highest BCUT2D eigenvalue weighted by molar-refractivity contribution is 5.42. The lowest BCUT2D eigenvalue weighted by atomic mass is 9.77. The SMILES string of the molecule is C=C1C(CC)=CC=CC1(C)C. The van der Waals surface area contributed by atoms with Crippen molar-refractivity contribution >= 4 is 0 Å². The van der Waals surface area contributed by atoms with Crippen molar-refractivity contribution in [2.24, 2.45) is 5.41 Å². The molecule has 0 spiro atoms. The van der Waals surface area contributed by atoms with E-state index in [0.717, 1.165) is 6.42 Å². The lowest BCUT2D eigenvalue weighted by molar-refractivity contribution is 0.580. The van der Waals surface area contributed by atoms with Crippen LogP contribution in [0.2, 0.25) is 0 Å². The fourth-order valence-electron chi connectivity index (χ4n) is 1.35. The van der Waals surface area contributed by atoms with E-state index in [-0.39, 0.29) is 5.41 Å². The Morgan fingerprint density at radius 1 is 1.45 bits per heavy atom. The van der Waals surface area contributed by atoms with Crippen molar-refractivity contribution < 1.29 is 0 Å².